The Hall–Kier alpha value is -2.64. The van der Waals surface area contributed by atoms with E-state index in [1.54, 1.807) is 31.3 Å². The van der Waals surface area contributed by atoms with Crippen molar-refractivity contribution in [1.82, 2.24) is 15.2 Å². The lowest BCUT2D eigenvalue weighted by Crippen LogP contribution is -2.04. The monoisotopic (exact) mass is 415 g/mol. The van der Waals surface area contributed by atoms with Crippen molar-refractivity contribution in [2.75, 3.05) is 0 Å². The lowest BCUT2D eigenvalue weighted by molar-refractivity contribution is 0.174. The Balaban J connectivity index is 1.46. The van der Waals surface area contributed by atoms with E-state index in [2.05, 4.69) is 15.2 Å². The molecule has 0 aliphatic rings. The molecule has 0 radical (unpaired) electrons. The molecular formula is C20H15ClFN3O2S. The van der Waals surface area contributed by atoms with Crippen molar-refractivity contribution >= 4 is 34.3 Å². The van der Waals surface area contributed by atoms with Crippen LogP contribution in [-0.4, -0.2) is 15.2 Å². The molecule has 0 N–H and O–H groups in total. The largest absolute Gasteiger partial charge is 0.478 e. The minimum Gasteiger partial charge on any atom is -0.478 e. The Morgan fingerprint density at radius 3 is 2.86 bits per heavy atom. The summed E-state index contributed by atoms with van der Waals surface area (Å²) in [6, 6.07) is 13.8. The molecule has 4 rings (SSSR count). The highest BCUT2D eigenvalue weighted by molar-refractivity contribution is 7.98. The molecule has 0 fully saturated rings. The summed E-state index contributed by atoms with van der Waals surface area (Å²) >= 11 is 7.62. The van der Waals surface area contributed by atoms with Gasteiger partial charge in [-0.3, -0.25) is 4.98 Å². The second kappa shape index (κ2) is 8.16. The first-order valence-electron chi connectivity index (χ1n) is 8.51. The Kier molecular flexibility index (Phi) is 5.45. The van der Waals surface area contributed by atoms with Crippen LogP contribution in [0.4, 0.5) is 4.39 Å². The summed E-state index contributed by atoms with van der Waals surface area (Å²) < 4.78 is 25.0. The lowest BCUT2D eigenvalue weighted by atomic mass is 10.1. The van der Waals surface area contributed by atoms with Crippen molar-refractivity contribution < 1.29 is 13.5 Å². The van der Waals surface area contributed by atoms with E-state index >= 15 is 0 Å². The first kappa shape index (κ1) is 18.7. The summed E-state index contributed by atoms with van der Waals surface area (Å²) in [5.74, 6) is 0.575. The van der Waals surface area contributed by atoms with Gasteiger partial charge in [-0.2, -0.15) is 0 Å². The Labute approximate surface area is 169 Å². The van der Waals surface area contributed by atoms with Crippen molar-refractivity contribution in [2.45, 2.75) is 24.0 Å². The number of fused-ring (bicyclic) bond motifs is 1. The number of hydrogen-bond acceptors (Lipinski definition) is 6. The minimum atomic E-state index is -0.572. The van der Waals surface area contributed by atoms with E-state index in [1.807, 2.05) is 24.3 Å². The van der Waals surface area contributed by atoms with E-state index in [4.69, 9.17) is 20.8 Å². The number of ether oxygens (including phenoxy) is 1. The summed E-state index contributed by atoms with van der Waals surface area (Å²) in [5.41, 5.74) is 1.86. The second-order valence-corrected chi connectivity index (χ2v) is 7.33. The molecule has 1 atom stereocenters. The van der Waals surface area contributed by atoms with Crippen LogP contribution in [0.1, 0.15) is 24.5 Å². The van der Waals surface area contributed by atoms with Crippen LogP contribution in [0.5, 0.6) is 5.75 Å². The molecule has 0 bridgehead atoms. The van der Waals surface area contributed by atoms with Gasteiger partial charge in [0.15, 0.2) is 17.7 Å². The Bertz CT molecular complexity index is 1120. The number of thioether (sulfide) groups is 1. The van der Waals surface area contributed by atoms with Crippen LogP contribution in [0, 0.1) is 5.82 Å². The number of benzene rings is 2. The summed E-state index contributed by atoms with van der Waals surface area (Å²) in [5, 5.41) is 10.0. The standard InChI is InChI=1S/C20H15ClFN3O2S/c1-12(26-17-7-3-2-6-16(17)22)19-24-25-20(27-19)28-11-13-8-9-15(21)14-5-4-10-23-18(13)14/h2-10,12H,11H2,1H3. The second-order valence-electron chi connectivity index (χ2n) is 5.99. The number of nitrogens with zero attached hydrogens (tertiary/aromatic N) is 3. The first-order valence-corrected chi connectivity index (χ1v) is 9.87. The third-order valence-electron chi connectivity index (χ3n) is 4.06. The molecule has 4 aromatic rings. The van der Waals surface area contributed by atoms with Crippen molar-refractivity contribution in [1.29, 1.82) is 0 Å². The molecule has 28 heavy (non-hydrogen) atoms. The van der Waals surface area contributed by atoms with E-state index < -0.39 is 11.9 Å². The van der Waals surface area contributed by atoms with Crippen LogP contribution < -0.4 is 4.74 Å². The fourth-order valence-corrected chi connectivity index (χ4v) is 3.65. The number of hydrogen-bond donors (Lipinski definition) is 0. The van der Waals surface area contributed by atoms with Gasteiger partial charge in [-0.05, 0) is 42.8 Å². The van der Waals surface area contributed by atoms with E-state index in [-0.39, 0.29) is 11.6 Å². The van der Waals surface area contributed by atoms with Gasteiger partial charge in [0.05, 0.1) is 5.52 Å². The summed E-state index contributed by atoms with van der Waals surface area (Å²) in [4.78, 5) is 4.42. The first-order chi connectivity index (χ1) is 13.6. The highest BCUT2D eigenvalue weighted by Crippen LogP contribution is 2.30. The molecule has 0 spiro atoms. The summed E-state index contributed by atoms with van der Waals surface area (Å²) in [6.07, 6.45) is 1.16. The smallest absolute Gasteiger partial charge is 0.277 e. The number of para-hydroxylation sites is 1. The normalized spacial score (nSPS) is 12.2. The topological polar surface area (TPSA) is 61.0 Å². The molecule has 2 aromatic carbocycles. The van der Waals surface area contributed by atoms with Gasteiger partial charge in [-0.25, -0.2) is 4.39 Å². The molecule has 5 nitrogen and oxygen atoms in total. The van der Waals surface area contributed by atoms with E-state index in [9.17, 15) is 4.39 Å². The van der Waals surface area contributed by atoms with Gasteiger partial charge in [0.1, 0.15) is 0 Å². The fourth-order valence-electron chi connectivity index (χ4n) is 2.68. The van der Waals surface area contributed by atoms with Crippen molar-refractivity contribution in [3.05, 3.63) is 77.0 Å². The van der Waals surface area contributed by atoms with Gasteiger partial charge in [0.2, 0.25) is 0 Å². The quantitative estimate of drug-likeness (QED) is 0.368. The van der Waals surface area contributed by atoms with Crippen LogP contribution in [0.2, 0.25) is 5.02 Å². The van der Waals surface area contributed by atoms with Gasteiger partial charge in [0, 0.05) is 22.4 Å². The van der Waals surface area contributed by atoms with Gasteiger partial charge >= 0.3 is 0 Å². The van der Waals surface area contributed by atoms with Crippen LogP contribution in [-0.2, 0) is 5.75 Å². The van der Waals surface area contributed by atoms with Crippen LogP contribution in [0.25, 0.3) is 10.9 Å². The molecule has 142 valence electrons. The van der Waals surface area contributed by atoms with E-state index in [1.165, 1.54) is 17.8 Å². The molecule has 0 aliphatic carbocycles. The fraction of sp³-hybridized carbons (Fsp3) is 0.150. The van der Waals surface area contributed by atoms with E-state index in [0.717, 1.165) is 16.5 Å². The highest BCUT2D eigenvalue weighted by atomic mass is 35.5. The zero-order chi connectivity index (χ0) is 19.5. The van der Waals surface area contributed by atoms with Crippen LogP contribution in [0.3, 0.4) is 0 Å². The van der Waals surface area contributed by atoms with Crippen LogP contribution in [0.15, 0.2) is 64.4 Å². The lowest BCUT2D eigenvalue weighted by Gasteiger charge is -2.11. The third-order valence-corrected chi connectivity index (χ3v) is 5.26. The van der Waals surface area contributed by atoms with Crippen molar-refractivity contribution in [2.24, 2.45) is 0 Å². The molecule has 1 unspecified atom stereocenters. The molecule has 2 heterocycles. The predicted octanol–water partition coefficient (Wildman–Crippen LogP) is 5.84. The van der Waals surface area contributed by atoms with Crippen molar-refractivity contribution in [3.63, 3.8) is 0 Å². The Morgan fingerprint density at radius 1 is 1.14 bits per heavy atom. The molecule has 0 saturated carbocycles. The zero-order valence-corrected chi connectivity index (χ0v) is 16.4. The number of aromatic nitrogens is 3. The SMILES string of the molecule is CC(Oc1ccccc1F)c1nnc(SCc2ccc(Cl)c3cccnc23)o1. The third kappa shape index (κ3) is 3.95. The van der Waals surface area contributed by atoms with E-state index in [0.29, 0.717) is 16.0 Å². The van der Waals surface area contributed by atoms with Gasteiger partial charge in [-0.15, -0.1) is 10.2 Å². The maximum absolute atomic E-state index is 13.7. The Morgan fingerprint density at radius 2 is 2.00 bits per heavy atom. The highest BCUT2D eigenvalue weighted by Gasteiger charge is 2.18. The molecule has 0 saturated heterocycles. The average Bonchev–Trinajstić information content (AvgIpc) is 3.19. The molecular weight excluding hydrogens is 401 g/mol. The van der Waals surface area contributed by atoms with Gasteiger partial charge in [0.25, 0.3) is 11.1 Å². The maximum Gasteiger partial charge on any atom is 0.277 e. The van der Waals surface area contributed by atoms with Gasteiger partial charge in [-0.1, -0.05) is 41.6 Å². The minimum absolute atomic E-state index is 0.140. The molecule has 2 aromatic heterocycles. The molecule has 8 heteroatoms. The maximum atomic E-state index is 13.7. The van der Waals surface area contributed by atoms with Crippen molar-refractivity contribution in [3.8, 4) is 5.75 Å². The average molecular weight is 416 g/mol. The molecule has 0 aliphatic heterocycles. The predicted molar refractivity (Wildman–Crippen MR) is 106 cm³/mol. The number of pyridine rings is 1. The molecule has 0 amide bonds. The van der Waals surface area contributed by atoms with Crippen LogP contribution >= 0.6 is 23.4 Å². The number of rotatable bonds is 6. The summed E-state index contributed by atoms with van der Waals surface area (Å²) in [6.45, 7) is 1.73. The van der Waals surface area contributed by atoms with Gasteiger partial charge < -0.3 is 9.15 Å². The number of halogens is 2. The zero-order valence-electron chi connectivity index (χ0n) is 14.8. The summed E-state index contributed by atoms with van der Waals surface area (Å²) in [7, 11) is 0.